The van der Waals surface area contributed by atoms with Crippen molar-refractivity contribution in [1.82, 2.24) is 5.32 Å². The first-order chi connectivity index (χ1) is 5.66. The maximum atomic E-state index is 10.8. The van der Waals surface area contributed by atoms with Gasteiger partial charge in [0.05, 0.1) is 0 Å². The van der Waals surface area contributed by atoms with E-state index >= 15 is 0 Å². The van der Waals surface area contributed by atoms with Gasteiger partial charge in [-0.15, -0.1) is 0 Å². The molecule has 0 aliphatic rings. The third kappa shape index (κ3) is 7.14. The van der Waals surface area contributed by atoms with Gasteiger partial charge in [-0.05, 0) is 6.26 Å². The van der Waals surface area contributed by atoms with Crippen LogP contribution < -0.4 is 5.32 Å². The standard InChI is InChI=1S/C7H11NO3S/c1-12-5-4-8-6(9)2-3-7(10)11/h2-3H,4-5H2,1H3,(H,8,9)(H,10,11). The lowest BCUT2D eigenvalue weighted by atomic mass is 10.4. The molecule has 5 heteroatoms. The number of amides is 1. The molecule has 68 valence electrons. The molecule has 0 rings (SSSR count). The molecule has 0 aliphatic carbocycles. The summed E-state index contributed by atoms with van der Waals surface area (Å²) in [6, 6.07) is 0. The quantitative estimate of drug-likeness (QED) is 0.475. The largest absolute Gasteiger partial charge is 0.478 e. The Kier molecular flexibility index (Phi) is 6.18. The van der Waals surface area contributed by atoms with Crippen molar-refractivity contribution >= 4 is 23.6 Å². The summed E-state index contributed by atoms with van der Waals surface area (Å²) in [5.74, 6) is -0.659. The van der Waals surface area contributed by atoms with Crippen LogP contribution in [0, 0.1) is 0 Å². The molecule has 2 N–H and O–H groups in total. The van der Waals surface area contributed by atoms with Gasteiger partial charge in [0, 0.05) is 24.4 Å². The zero-order chi connectivity index (χ0) is 9.40. The molecule has 0 aromatic heterocycles. The Bertz CT molecular complexity index is 191. The number of hydrogen-bond acceptors (Lipinski definition) is 3. The molecule has 0 aromatic rings. The minimum absolute atomic E-state index is 0.369. The highest BCUT2D eigenvalue weighted by Gasteiger charge is 1.94. The number of carboxylic acids is 1. The molecule has 1 amide bonds. The highest BCUT2D eigenvalue weighted by Crippen LogP contribution is 1.86. The predicted molar refractivity (Wildman–Crippen MR) is 48.2 cm³/mol. The Morgan fingerprint density at radius 1 is 1.50 bits per heavy atom. The summed E-state index contributed by atoms with van der Waals surface area (Å²) in [7, 11) is 0. The van der Waals surface area contributed by atoms with E-state index < -0.39 is 5.97 Å². The topological polar surface area (TPSA) is 66.4 Å². The van der Waals surface area contributed by atoms with Crippen LogP contribution in [0.15, 0.2) is 12.2 Å². The summed E-state index contributed by atoms with van der Waals surface area (Å²) in [4.78, 5) is 20.7. The van der Waals surface area contributed by atoms with Crippen molar-refractivity contribution in [2.45, 2.75) is 0 Å². The summed E-state index contributed by atoms with van der Waals surface area (Å²) in [6.45, 7) is 0.559. The maximum Gasteiger partial charge on any atom is 0.328 e. The number of hydrogen-bond donors (Lipinski definition) is 2. The van der Waals surface area contributed by atoms with Crippen molar-refractivity contribution in [3.63, 3.8) is 0 Å². The first kappa shape index (κ1) is 11.0. The fourth-order valence-electron chi connectivity index (χ4n) is 0.482. The van der Waals surface area contributed by atoms with Gasteiger partial charge in [-0.25, -0.2) is 4.79 Å². The number of nitrogens with one attached hydrogen (secondary N) is 1. The Balaban J connectivity index is 3.53. The van der Waals surface area contributed by atoms with Gasteiger partial charge in [0.1, 0.15) is 0 Å². The zero-order valence-corrected chi connectivity index (χ0v) is 7.56. The molecule has 0 saturated heterocycles. The van der Waals surface area contributed by atoms with E-state index in [1.165, 1.54) is 0 Å². The van der Waals surface area contributed by atoms with E-state index in [-0.39, 0.29) is 5.91 Å². The van der Waals surface area contributed by atoms with Crippen LogP contribution in [0.1, 0.15) is 0 Å². The smallest absolute Gasteiger partial charge is 0.328 e. The lowest BCUT2D eigenvalue weighted by Gasteiger charge is -1.97. The highest BCUT2D eigenvalue weighted by molar-refractivity contribution is 7.98. The van der Waals surface area contributed by atoms with E-state index in [4.69, 9.17) is 5.11 Å². The lowest BCUT2D eigenvalue weighted by Crippen LogP contribution is -2.23. The van der Waals surface area contributed by atoms with Crippen molar-refractivity contribution in [1.29, 1.82) is 0 Å². The van der Waals surface area contributed by atoms with E-state index in [9.17, 15) is 9.59 Å². The minimum atomic E-state index is -1.12. The van der Waals surface area contributed by atoms with E-state index in [1.807, 2.05) is 6.26 Å². The van der Waals surface area contributed by atoms with E-state index in [0.717, 1.165) is 17.9 Å². The van der Waals surface area contributed by atoms with Crippen LogP contribution in [0.4, 0.5) is 0 Å². The molecule has 0 unspecified atom stereocenters. The average molecular weight is 189 g/mol. The van der Waals surface area contributed by atoms with E-state index in [2.05, 4.69) is 5.32 Å². The number of thioether (sulfide) groups is 1. The fraction of sp³-hybridized carbons (Fsp3) is 0.429. The molecule has 0 aromatic carbocycles. The molecule has 0 spiro atoms. The number of aliphatic carboxylic acids is 1. The van der Waals surface area contributed by atoms with Crippen molar-refractivity contribution in [3.05, 3.63) is 12.2 Å². The van der Waals surface area contributed by atoms with Gasteiger partial charge in [-0.2, -0.15) is 11.8 Å². The first-order valence-electron chi connectivity index (χ1n) is 3.34. The van der Waals surface area contributed by atoms with Crippen LogP contribution in [0.25, 0.3) is 0 Å². The number of carbonyl (C=O) groups is 2. The molecule has 0 bridgehead atoms. The van der Waals surface area contributed by atoms with Crippen LogP contribution in [0.3, 0.4) is 0 Å². The number of carboxylic acid groups (broad SMARTS) is 1. The van der Waals surface area contributed by atoms with Gasteiger partial charge in [-0.1, -0.05) is 0 Å². The normalized spacial score (nSPS) is 10.1. The van der Waals surface area contributed by atoms with Gasteiger partial charge >= 0.3 is 5.97 Å². The van der Waals surface area contributed by atoms with Crippen LogP contribution >= 0.6 is 11.8 Å². The van der Waals surface area contributed by atoms with Gasteiger partial charge in [0.25, 0.3) is 0 Å². The van der Waals surface area contributed by atoms with E-state index in [1.54, 1.807) is 11.8 Å². The molecule has 0 aliphatic heterocycles. The fourth-order valence-corrected chi connectivity index (χ4v) is 0.788. The van der Waals surface area contributed by atoms with Crippen LogP contribution in [-0.4, -0.2) is 35.5 Å². The van der Waals surface area contributed by atoms with Crippen LogP contribution in [0.2, 0.25) is 0 Å². The summed E-state index contributed by atoms with van der Waals surface area (Å²) in [6.07, 6.45) is 3.75. The predicted octanol–water partition coefficient (Wildman–Crippen LogP) is 0.106. The number of rotatable bonds is 5. The first-order valence-corrected chi connectivity index (χ1v) is 4.74. The molecule has 4 nitrogen and oxygen atoms in total. The van der Waals surface area contributed by atoms with Gasteiger partial charge in [0.15, 0.2) is 0 Å². The van der Waals surface area contributed by atoms with Crippen molar-refractivity contribution in [2.24, 2.45) is 0 Å². The van der Waals surface area contributed by atoms with Gasteiger partial charge in [0.2, 0.25) is 5.91 Å². The molecule has 12 heavy (non-hydrogen) atoms. The van der Waals surface area contributed by atoms with Gasteiger partial charge in [-0.3, -0.25) is 4.79 Å². The molecular weight excluding hydrogens is 178 g/mol. The second-order valence-electron chi connectivity index (χ2n) is 1.96. The maximum absolute atomic E-state index is 10.8. The molecule has 0 radical (unpaired) electrons. The monoisotopic (exact) mass is 189 g/mol. The van der Waals surface area contributed by atoms with E-state index in [0.29, 0.717) is 6.54 Å². The van der Waals surface area contributed by atoms with Crippen LogP contribution in [-0.2, 0) is 9.59 Å². The molecule has 0 atom stereocenters. The SMILES string of the molecule is CSCCNC(=O)C=CC(=O)O. The summed E-state index contributed by atoms with van der Waals surface area (Å²) >= 11 is 1.61. The Labute approximate surface area is 75.0 Å². The Morgan fingerprint density at radius 3 is 2.67 bits per heavy atom. The van der Waals surface area contributed by atoms with Crippen LogP contribution in [0.5, 0.6) is 0 Å². The zero-order valence-electron chi connectivity index (χ0n) is 6.74. The molecule has 0 heterocycles. The second kappa shape index (κ2) is 6.72. The lowest BCUT2D eigenvalue weighted by molar-refractivity contribution is -0.131. The summed E-state index contributed by atoms with van der Waals surface area (Å²) in [5.41, 5.74) is 0. The molecular formula is C7H11NO3S. The van der Waals surface area contributed by atoms with Gasteiger partial charge < -0.3 is 10.4 Å². The highest BCUT2D eigenvalue weighted by atomic mass is 32.2. The Hall–Kier alpha value is -0.970. The third-order valence-electron chi connectivity index (χ3n) is 0.983. The summed E-state index contributed by atoms with van der Waals surface area (Å²) < 4.78 is 0. The van der Waals surface area contributed by atoms with Crippen molar-refractivity contribution in [2.75, 3.05) is 18.6 Å². The molecule has 0 saturated carbocycles. The third-order valence-corrected chi connectivity index (χ3v) is 1.60. The van der Waals surface area contributed by atoms with Crippen molar-refractivity contribution in [3.8, 4) is 0 Å². The van der Waals surface area contributed by atoms with Crippen molar-refractivity contribution < 1.29 is 14.7 Å². The second-order valence-corrected chi connectivity index (χ2v) is 2.94. The Morgan fingerprint density at radius 2 is 2.17 bits per heavy atom. The minimum Gasteiger partial charge on any atom is -0.478 e. The number of carbonyl (C=O) groups excluding carboxylic acids is 1. The average Bonchev–Trinajstić information content (AvgIpc) is 2.01. The molecule has 0 fully saturated rings. The summed E-state index contributed by atoms with van der Waals surface area (Å²) in [5, 5.41) is 10.7.